The number of pyridine rings is 2. The molecule has 0 N–H and O–H groups in total. The maximum absolute atomic E-state index is 5.13. The Morgan fingerprint density at radius 2 is 1.08 bits per heavy atom. The molecule has 0 aliphatic carbocycles. The van der Waals surface area contributed by atoms with Gasteiger partial charge in [0.25, 0.3) is 0 Å². The van der Waals surface area contributed by atoms with E-state index in [9.17, 15) is 0 Å². The van der Waals surface area contributed by atoms with E-state index in [1.54, 1.807) is 0 Å². The van der Waals surface area contributed by atoms with Crippen LogP contribution in [0.2, 0.25) is 0 Å². The van der Waals surface area contributed by atoms with Crippen molar-refractivity contribution in [2.75, 3.05) is 4.90 Å². The predicted octanol–water partition coefficient (Wildman–Crippen LogP) is 10.7. The Morgan fingerprint density at radius 1 is 0.467 bits per heavy atom. The Hall–Kier alpha value is -7.34. The molecule has 4 heterocycles. The largest absolute Gasteiger partial charge is 0.309 e. The molecule has 0 saturated carbocycles. The first-order valence-electron chi connectivity index (χ1n) is 20.7. The molecule has 0 saturated heterocycles. The molecule has 0 atom stereocenters. The number of benzene rings is 7. The van der Waals surface area contributed by atoms with Crippen LogP contribution in [0.4, 0.5) is 17.2 Å². The number of aromatic nitrogens is 3. The zero-order chi connectivity index (χ0) is 40.3. The van der Waals surface area contributed by atoms with Crippen LogP contribution in [0, 0.1) is 0 Å². The number of hydrogen-bond acceptors (Lipinski definition) is 3. The molecule has 0 bridgehead atoms. The SMILES string of the molecule is CC1(C)c2ccc([Si](c3ccccc3)(c3ccccc3)c3cccc(-c4ccccn4)c3)cc2N(c2ccccn2)c2c1ccc1c2c2ccccc2n1-c1ccccc1. The van der Waals surface area contributed by atoms with Gasteiger partial charge < -0.3 is 4.57 Å². The van der Waals surface area contributed by atoms with Gasteiger partial charge in [0.15, 0.2) is 8.07 Å². The summed E-state index contributed by atoms with van der Waals surface area (Å²) in [6, 6.07) is 75.6. The lowest BCUT2D eigenvalue weighted by Crippen LogP contribution is -2.74. The summed E-state index contributed by atoms with van der Waals surface area (Å²) in [7, 11) is -3.01. The zero-order valence-electron chi connectivity index (χ0n) is 33.6. The Balaban J connectivity index is 1.25. The minimum Gasteiger partial charge on any atom is -0.309 e. The van der Waals surface area contributed by atoms with Crippen molar-refractivity contribution in [3.8, 4) is 16.9 Å². The normalized spacial score (nSPS) is 13.3. The minimum atomic E-state index is -3.01. The molecule has 1 aliphatic heterocycles. The Morgan fingerprint density at radius 3 is 1.78 bits per heavy atom. The van der Waals surface area contributed by atoms with Gasteiger partial charge in [-0.05, 0) is 86.5 Å². The molecule has 5 heteroatoms. The summed E-state index contributed by atoms with van der Waals surface area (Å²) in [5.41, 5.74) is 10.1. The second-order valence-electron chi connectivity index (χ2n) is 16.2. The second-order valence-corrected chi connectivity index (χ2v) is 20.0. The average molecular weight is 787 g/mol. The fourth-order valence-electron chi connectivity index (χ4n) is 9.92. The lowest BCUT2D eigenvalue weighted by molar-refractivity contribution is 0.633. The van der Waals surface area contributed by atoms with Gasteiger partial charge in [0, 0.05) is 39.8 Å². The van der Waals surface area contributed by atoms with Crippen molar-refractivity contribution >= 4 is 67.8 Å². The Kier molecular flexibility index (Phi) is 8.46. The number of nitrogens with zero attached hydrogens (tertiary/aromatic N) is 4. The van der Waals surface area contributed by atoms with Crippen molar-refractivity contribution in [1.82, 2.24) is 14.5 Å². The zero-order valence-corrected chi connectivity index (χ0v) is 34.6. The van der Waals surface area contributed by atoms with Crippen molar-refractivity contribution in [1.29, 1.82) is 0 Å². The van der Waals surface area contributed by atoms with Crippen LogP contribution < -0.4 is 25.6 Å². The van der Waals surface area contributed by atoms with E-state index in [4.69, 9.17) is 9.97 Å². The second kappa shape index (κ2) is 14.2. The summed E-state index contributed by atoms with van der Waals surface area (Å²) in [4.78, 5) is 12.4. The van der Waals surface area contributed by atoms with Gasteiger partial charge in [0.05, 0.1) is 28.1 Å². The summed E-state index contributed by atoms with van der Waals surface area (Å²) in [6.07, 6.45) is 3.80. The summed E-state index contributed by atoms with van der Waals surface area (Å²) in [6.45, 7) is 4.77. The first-order valence-corrected chi connectivity index (χ1v) is 22.7. The van der Waals surface area contributed by atoms with E-state index >= 15 is 0 Å². The molecule has 0 amide bonds. The number of hydrogen-bond donors (Lipinski definition) is 0. The van der Waals surface area contributed by atoms with E-state index in [0.717, 1.165) is 28.5 Å². The monoisotopic (exact) mass is 786 g/mol. The van der Waals surface area contributed by atoms with Crippen molar-refractivity contribution < 1.29 is 0 Å². The third kappa shape index (κ3) is 5.43. The van der Waals surface area contributed by atoms with E-state index < -0.39 is 8.07 Å². The molecule has 1 aliphatic rings. The smallest absolute Gasteiger partial charge is 0.179 e. The standard InChI is InChI=1S/C55H42N4Si/c1-55(2)46-32-31-44(60(41-22-8-4-9-23-41,42-24-10-5-11-25-42)43-26-18-19-39(37-43)48-28-14-16-35-56-48)38-51(46)59(52-30-15-17-36-57-52)54-47(55)33-34-50-53(54)45-27-12-13-29-49(45)58(50)40-20-6-3-7-21-40/h3-38H,1-2H3. The van der Waals surface area contributed by atoms with Crippen molar-refractivity contribution in [2.24, 2.45) is 0 Å². The molecule has 11 rings (SSSR count). The number of fused-ring (bicyclic) bond motifs is 6. The molecular formula is C55H42N4Si. The van der Waals surface area contributed by atoms with Gasteiger partial charge in [0.2, 0.25) is 0 Å². The fourth-order valence-corrected chi connectivity index (χ4v) is 14.7. The maximum atomic E-state index is 5.13. The van der Waals surface area contributed by atoms with Crippen LogP contribution in [0.25, 0.3) is 38.8 Å². The highest BCUT2D eigenvalue weighted by Gasteiger charge is 2.45. The highest BCUT2D eigenvalue weighted by atomic mass is 28.3. The first kappa shape index (κ1) is 35.8. The van der Waals surface area contributed by atoms with E-state index in [2.05, 4.69) is 217 Å². The molecular weight excluding hydrogens is 745 g/mol. The number of anilines is 3. The molecule has 0 fully saturated rings. The van der Waals surface area contributed by atoms with Gasteiger partial charge in [-0.3, -0.25) is 9.88 Å². The average Bonchev–Trinajstić information content (AvgIpc) is 3.66. The third-order valence-corrected chi connectivity index (χ3v) is 17.4. The topological polar surface area (TPSA) is 34.0 Å². The van der Waals surface area contributed by atoms with Crippen molar-refractivity contribution in [3.05, 3.63) is 230 Å². The molecule has 60 heavy (non-hydrogen) atoms. The van der Waals surface area contributed by atoms with Gasteiger partial charge in [-0.2, -0.15) is 0 Å². The van der Waals surface area contributed by atoms with E-state index in [-0.39, 0.29) is 5.41 Å². The summed E-state index contributed by atoms with van der Waals surface area (Å²) < 4.78 is 2.41. The fraction of sp³-hybridized carbons (Fsp3) is 0.0545. The van der Waals surface area contributed by atoms with Gasteiger partial charge in [-0.25, -0.2) is 4.98 Å². The predicted molar refractivity (Wildman–Crippen MR) is 252 cm³/mol. The quantitative estimate of drug-likeness (QED) is 0.119. The van der Waals surface area contributed by atoms with E-state index in [1.165, 1.54) is 59.4 Å². The van der Waals surface area contributed by atoms with E-state index in [1.807, 2.05) is 24.5 Å². The molecule has 7 aromatic carbocycles. The maximum Gasteiger partial charge on any atom is 0.179 e. The highest BCUT2D eigenvalue weighted by molar-refractivity contribution is 7.20. The molecule has 10 aromatic rings. The number of para-hydroxylation sites is 2. The molecule has 0 unspecified atom stereocenters. The van der Waals surface area contributed by atoms with Crippen LogP contribution in [-0.4, -0.2) is 22.6 Å². The van der Waals surface area contributed by atoms with Crippen LogP contribution in [0.3, 0.4) is 0 Å². The van der Waals surface area contributed by atoms with Crippen LogP contribution in [-0.2, 0) is 5.41 Å². The summed E-state index contributed by atoms with van der Waals surface area (Å²) in [5.74, 6) is 0.889. The molecule has 286 valence electrons. The van der Waals surface area contributed by atoms with Gasteiger partial charge >= 0.3 is 0 Å². The Labute approximate surface area is 351 Å². The van der Waals surface area contributed by atoms with Gasteiger partial charge in [-0.15, -0.1) is 0 Å². The lowest BCUT2D eigenvalue weighted by atomic mass is 9.73. The summed E-state index contributed by atoms with van der Waals surface area (Å²) >= 11 is 0. The molecule has 3 aromatic heterocycles. The van der Waals surface area contributed by atoms with Crippen LogP contribution in [0.1, 0.15) is 25.0 Å². The van der Waals surface area contributed by atoms with E-state index in [0.29, 0.717) is 0 Å². The van der Waals surface area contributed by atoms with Gasteiger partial charge in [0.1, 0.15) is 5.82 Å². The van der Waals surface area contributed by atoms with Crippen LogP contribution >= 0.6 is 0 Å². The van der Waals surface area contributed by atoms with Crippen LogP contribution in [0.5, 0.6) is 0 Å². The van der Waals surface area contributed by atoms with Crippen molar-refractivity contribution in [3.63, 3.8) is 0 Å². The molecule has 0 radical (unpaired) electrons. The third-order valence-electron chi connectivity index (χ3n) is 12.6. The number of rotatable bonds is 7. The molecule has 0 spiro atoms. The highest BCUT2D eigenvalue weighted by Crippen LogP contribution is 2.55. The minimum absolute atomic E-state index is 0.332. The van der Waals surface area contributed by atoms with Crippen LogP contribution in [0.15, 0.2) is 219 Å². The van der Waals surface area contributed by atoms with Crippen molar-refractivity contribution in [2.45, 2.75) is 19.3 Å². The molecule has 4 nitrogen and oxygen atoms in total. The Bertz CT molecular complexity index is 3120. The van der Waals surface area contributed by atoms with Gasteiger partial charge in [-0.1, -0.05) is 166 Å². The lowest BCUT2D eigenvalue weighted by Gasteiger charge is -2.43. The summed E-state index contributed by atoms with van der Waals surface area (Å²) in [5, 5.41) is 7.68. The first-order chi connectivity index (χ1) is 29.5.